The molecule has 0 aromatic heterocycles. The second kappa shape index (κ2) is 24.3. The molecule has 2 unspecified atom stereocenters. The molecule has 0 saturated carbocycles. The van der Waals surface area contributed by atoms with Crippen molar-refractivity contribution < 1.29 is 37.1 Å². The molecular weight excluding hydrogens is 937 g/mol. The molecule has 0 aliphatic heterocycles. The summed E-state index contributed by atoms with van der Waals surface area (Å²) in [5.41, 5.74) is 10.2. The van der Waals surface area contributed by atoms with Crippen LogP contribution in [0.3, 0.4) is 0 Å². The number of hydrogen-bond donors (Lipinski definition) is 0. The van der Waals surface area contributed by atoms with Gasteiger partial charge in [0, 0.05) is 66.8 Å². The third kappa shape index (κ3) is 15.0. The van der Waals surface area contributed by atoms with Gasteiger partial charge in [-0.2, -0.15) is 0 Å². The Morgan fingerprint density at radius 1 is 0.237 bits per heavy atom. The van der Waals surface area contributed by atoms with E-state index in [4.69, 9.17) is 0 Å². The Balaban J connectivity index is 1.03. The monoisotopic (exact) mass is 1010 g/mol. The van der Waals surface area contributed by atoms with Crippen LogP contribution in [0.5, 0.6) is 0 Å². The standard InChI is InChI=1S/C68H74N4O4/c1-69(2,49-53-27-35-61(36-28-53)65(73)57-19-11-7-12-20-57)43-45-71(5,51-55-31-39-63(40-32-55)67(75)59-23-15-9-16-24-59)47-48-72(6,52-56-33-41-64(42-34-56)68(76)60-25-17-10-18-26-60)46-44-70(3,4)50-54-29-37-62(38-30-54)66(74)58-21-13-8-14-22-58/h7-42H,43-52H2,1-6H3/q+4. The normalized spacial score (nSPS) is 13.3. The van der Waals surface area contributed by atoms with E-state index in [9.17, 15) is 19.2 Å². The highest BCUT2D eigenvalue weighted by atomic mass is 16.1. The van der Waals surface area contributed by atoms with Crippen LogP contribution in [0.15, 0.2) is 218 Å². The summed E-state index contributed by atoms with van der Waals surface area (Å²) in [6, 6.07) is 70.4. The zero-order chi connectivity index (χ0) is 53.8. The van der Waals surface area contributed by atoms with Crippen LogP contribution >= 0.6 is 0 Å². The maximum Gasteiger partial charge on any atom is 0.193 e. The molecule has 0 fully saturated rings. The molecule has 0 spiro atoms. The first kappa shape index (κ1) is 54.5. The van der Waals surface area contributed by atoms with Gasteiger partial charge in [0.1, 0.15) is 65.4 Å². The Hall–Kier alpha value is -7.72. The summed E-state index contributed by atoms with van der Waals surface area (Å²) in [4.78, 5) is 53.4. The average molecular weight is 1010 g/mol. The summed E-state index contributed by atoms with van der Waals surface area (Å²) < 4.78 is 3.08. The van der Waals surface area contributed by atoms with Gasteiger partial charge >= 0.3 is 0 Å². The van der Waals surface area contributed by atoms with E-state index in [0.717, 1.165) is 83.4 Å². The van der Waals surface area contributed by atoms with Gasteiger partial charge in [0.05, 0.1) is 42.3 Å². The number of rotatable bonds is 25. The van der Waals surface area contributed by atoms with Crippen molar-refractivity contribution in [3.05, 3.63) is 285 Å². The Kier molecular flexibility index (Phi) is 17.4. The lowest BCUT2D eigenvalue weighted by Crippen LogP contribution is -2.58. The maximum absolute atomic E-state index is 13.5. The summed E-state index contributed by atoms with van der Waals surface area (Å²) in [5, 5.41) is 0. The fraction of sp³-hybridized carbons (Fsp3) is 0.235. The van der Waals surface area contributed by atoms with Crippen LogP contribution in [0.1, 0.15) is 85.9 Å². The molecule has 0 heterocycles. The zero-order valence-electron chi connectivity index (χ0n) is 45.3. The molecule has 8 aromatic rings. The molecule has 8 aromatic carbocycles. The molecule has 8 nitrogen and oxygen atoms in total. The first-order valence-electron chi connectivity index (χ1n) is 26.5. The minimum Gasteiger partial charge on any atom is -0.320 e. The van der Waals surface area contributed by atoms with Crippen LogP contribution in [0.4, 0.5) is 0 Å². The third-order valence-corrected chi connectivity index (χ3v) is 15.0. The fourth-order valence-electron chi connectivity index (χ4n) is 10.1. The number of carbonyl (C=O) groups excluding carboxylic acids is 4. The summed E-state index contributed by atoms with van der Waals surface area (Å²) >= 11 is 0. The molecule has 76 heavy (non-hydrogen) atoms. The maximum atomic E-state index is 13.5. The lowest BCUT2D eigenvalue weighted by molar-refractivity contribution is -1.00. The summed E-state index contributed by atoms with van der Waals surface area (Å²) in [5.74, 6) is 0.0845. The van der Waals surface area contributed by atoms with Gasteiger partial charge in [0.2, 0.25) is 0 Å². The van der Waals surface area contributed by atoms with E-state index in [0.29, 0.717) is 44.5 Å². The van der Waals surface area contributed by atoms with Gasteiger partial charge < -0.3 is 17.9 Å². The average Bonchev–Trinajstić information content (AvgIpc) is 3.44. The van der Waals surface area contributed by atoms with Crippen molar-refractivity contribution in [1.29, 1.82) is 0 Å². The van der Waals surface area contributed by atoms with Gasteiger partial charge in [0.25, 0.3) is 0 Å². The molecule has 0 saturated heterocycles. The molecule has 0 aliphatic carbocycles. The molecular formula is C68H74N4O4+4. The first-order chi connectivity index (χ1) is 36.4. The van der Waals surface area contributed by atoms with Crippen LogP contribution in [0, 0.1) is 0 Å². The number of benzene rings is 8. The quantitative estimate of drug-likeness (QED) is 0.0423. The van der Waals surface area contributed by atoms with Crippen molar-refractivity contribution in [3.63, 3.8) is 0 Å². The second-order valence-electron chi connectivity index (χ2n) is 22.7. The van der Waals surface area contributed by atoms with E-state index < -0.39 is 0 Å². The zero-order valence-corrected chi connectivity index (χ0v) is 45.3. The number of ketones is 4. The minimum absolute atomic E-state index is 0.0166. The molecule has 0 amide bonds. The van der Waals surface area contributed by atoms with Crippen molar-refractivity contribution in [1.82, 2.24) is 0 Å². The highest BCUT2D eigenvalue weighted by Gasteiger charge is 2.34. The Morgan fingerprint density at radius 2 is 0.421 bits per heavy atom. The minimum atomic E-state index is 0.0166. The van der Waals surface area contributed by atoms with Gasteiger partial charge in [-0.3, -0.25) is 19.2 Å². The van der Waals surface area contributed by atoms with Gasteiger partial charge in [-0.1, -0.05) is 218 Å². The summed E-state index contributed by atoms with van der Waals surface area (Å²) in [7, 11) is 13.9. The predicted molar refractivity (Wildman–Crippen MR) is 306 cm³/mol. The molecule has 8 rings (SSSR count). The molecule has 0 radical (unpaired) electrons. The van der Waals surface area contributed by atoms with Crippen LogP contribution in [-0.2, 0) is 26.2 Å². The van der Waals surface area contributed by atoms with Gasteiger partial charge in [-0.25, -0.2) is 0 Å². The fourth-order valence-corrected chi connectivity index (χ4v) is 10.1. The second-order valence-corrected chi connectivity index (χ2v) is 22.7. The van der Waals surface area contributed by atoms with Crippen molar-refractivity contribution >= 4 is 23.1 Å². The predicted octanol–water partition coefficient (Wildman–Crippen LogP) is 11.8. The van der Waals surface area contributed by atoms with Gasteiger partial charge in [-0.15, -0.1) is 0 Å². The molecule has 8 heteroatoms. The Labute approximate surface area is 451 Å². The van der Waals surface area contributed by atoms with Crippen LogP contribution < -0.4 is 0 Å². The summed E-state index contributed by atoms with van der Waals surface area (Å²) in [6.45, 7) is 8.62. The van der Waals surface area contributed by atoms with Crippen LogP contribution in [0.25, 0.3) is 0 Å². The van der Waals surface area contributed by atoms with E-state index in [2.05, 4.69) is 90.8 Å². The number of hydrogen-bond acceptors (Lipinski definition) is 4. The molecule has 0 bridgehead atoms. The Morgan fingerprint density at radius 3 is 0.645 bits per heavy atom. The smallest absolute Gasteiger partial charge is 0.193 e. The number of quaternary nitrogens is 4. The Bertz CT molecular complexity index is 2980. The summed E-state index contributed by atoms with van der Waals surface area (Å²) in [6.07, 6.45) is 0. The van der Waals surface area contributed by atoms with Crippen molar-refractivity contribution in [2.75, 3.05) is 81.6 Å². The molecule has 0 aliphatic rings. The van der Waals surface area contributed by atoms with Gasteiger partial charge in [-0.05, 0) is 0 Å². The van der Waals surface area contributed by atoms with E-state index in [1.54, 1.807) is 0 Å². The molecule has 386 valence electrons. The van der Waals surface area contributed by atoms with E-state index in [-0.39, 0.29) is 23.1 Å². The highest BCUT2D eigenvalue weighted by molar-refractivity contribution is 6.10. The van der Waals surface area contributed by atoms with Crippen LogP contribution in [0.2, 0.25) is 0 Å². The number of nitrogens with zero attached hydrogens (tertiary/aromatic N) is 4. The number of carbonyl (C=O) groups is 4. The van der Waals surface area contributed by atoms with Crippen LogP contribution in [-0.4, -0.2) is 123 Å². The molecule has 2 atom stereocenters. The first-order valence-corrected chi connectivity index (χ1v) is 26.5. The lowest BCUT2D eigenvalue weighted by Gasteiger charge is -2.43. The van der Waals surface area contributed by atoms with E-state index >= 15 is 0 Å². The van der Waals surface area contributed by atoms with Crippen molar-refractivity contribution in [3.8, 4) is 0 Å². The highest BCUT2D eigenvalue weighted by Crippen LogP contribution is 2.23. The largest absolute Gasteiger partial charge is 0.320 e. The lowest BCUT2D eigenvalue weighted by atomic mass is 10.0. The van der Waals surface area contributed by atoms with E-state index in [1.807, 2.05) is 170 Å². The number of likely N-dealkylation sites (N-methyl/N-ethyl adjacent to an activating group) is 4. The third-order valence-electron chi connectivity index (χ3n) is 15.0. The topological polar surface area (TPSA) is 68.3 Å². The SMILES string of the molecule is C[N+](C)(CC[N+](C)(CC[N+](C)(CC[N+](C)(C)Cc1ccc(C(=O)c2ccccc2)cc1)Cc1ccc(C(=O)c2ccccc2)cc1)Cc1ccc(C(=O)c2ccccc2)cc1)Cc1ccc(C(=O)c2ccccc2)cc1. The molecule has 0 N–H and O–H groups in total. The van der Waals surface area contributed by atoms with E-state index in [1.165, 1.54) is 22.3 Å². The van der Waals surface area contributed by atoms with Crippen molar-refractivity contribution in [2.45, 2.75) is 26.2 Å². The van der Waals surface area contributed by atoms with Crippen molar-refractivity contribution in [2.24, 2.45) is 0 Å². The van der Waals surface area contributed by atoms with Gasteiger partial charge in [0.15, 0.2) is 23.1 Å².